The first-order valence-corrected chi connectivity index (χ1v) is 7.97. The molecule has 4 N–H and O–H groups in total. The molecule has 2 rings (SSSR count). The topological polar surface area (TPSA) is 134 Å². The van der Waals surface area contributed by atoms with Crippen LogP contribution < -0.4 is 0 Å². The zero-order valence-electron chi connectivity index (χ0n) is 11.7. The molecule has 0 saturated carbocycles. The van der Waals surface area contributed by atoms with E-state index in [4.69, 9.17) is 14.0 Å². The lowest BCUT2D eigenvalue weighted by molar-refractivity contribution is -0.279. The molecule has 1 saturated heterocycles. The number of hydrogen-bond acceptors (Lipinski definition) is 8. The third-order valence-electron chi connectivity index (χ3n) is 3.39. The number of rotatable bonds is 4. The van der Waals surface area contributed by atoms with E-state index < -0.39 is 47.4 Å². The molecule has 1 aromatic carbocycles. The zero-order valence-corrected chi connectivity index (χ0v) is 12.5. The number of hydrogen-bond donors (Lipinski definition) is 4. The molecule has 0 spiro atoms. The number of ether oxygens (including phenoxy) is 1. The minimum Gasteiger partial charge on any atom is -0.394 e. The molecule has 0 amide bonds. The van der Waals surface area contributed by atoms with E-state index in [-0.39, 0.29) is 4.90 Å². The van der Waals surface area contributed by atoms with Crippen LogP contribution in [0.2, 0.25) is 0 Å². The highest BCUT2D eigenvalue weighted by atomic mass is 32.2. The van der Waals surface area contributed by atoms with Crippen LogP contribution in [0.25, 0.3) is 0 Å². The lowest BCUT2D eigenvalue weighted by atomic mass is 9.99. The molecular formula is C13H18O8S. The fourth-order valence-corrected chi connectivity index (χ4v) is 3.16. The van der Waals surface area contributed by atoms with Gasteiger partial charge >= 0.3 is 0 Å². The Labute approximate surface area is 127 Å². The highest BCUT2D eigenvalue weighted by Crippen LogP contribution is 2.25. The third-order valence-corrected chi connectivity index (χ3v) is 4.72. The largest absolute Gasteiger partial charge is 0.394 e. The summed E-state index contributed by atoms with van der Waals surface area (Å²) in [5.41, 5.74) is 0.848. The van der Waals surface area contributed by atoms with Gasteiger partial charge in [-0.1, -0.05) is 17.7 Å². The predicted molar refractivity (Wildman–Crippen MR) is 73.2 cm³/mol. The van der Waals surface area contributed by atoms with Crippen LogP contribution in [0.15, 0.2) is 29.2 Å². The maximum atomic E-state index is 12.1. The summed E-state index contributed by atoms with van der Waals surface area (Å²) >= 11 is 0. The lowest BCUT2D eigenvalue weighted by Crippen LogP contribution is -2.59. The van der Waals surface area contributed by atoms with Crippen molar-refractivity contribution >= 4 is 10.1 Å². The Morgan fingerprint density at radius 2 is 1.73 bits per heavy atom. The Morgan fingerprint density at radius 1 is 1.14 bits per heavy atom. The molecule has 5 atom stereocenters. The molecule has 0 radical (unpaired) electrons. The third kappa shape index (κ3) is 3.46. The van der Waals surface area contributed by atoms with Crippen molar-refractivity contribution < 1.29 is 37.8 Å². The van der Waals surface area contributed by atoms with E-state index >= 15 is 0 Å². The summed E-state index contributed by atoms with van der Waals surface area (Å²) in [6.45, 7) is 1.14. The van der Waals surface area contributed by atoms with Crippen LogP contribution in [-0.4, -0.2) is 66.2 Å². The Kier molecular flexibility index (Phi) is 5.17. The zero-order chi connectivity index (χ0) is 16.5. The molecule has 0 aromatic heterocycles. The maximum Gasteiger partial charge on any atom is 0.297 e. The second-order valence-corrected chi connectivity index (χ2v) is 6.63. The second-order valence-electron chi connectivity index (χ2n) is 5.06. The quantitative estimate of drug-likeness (QED) is 0.489. The monoisotopic (exact) mass is 334 g/mol. The van der Waals surface area contributed by atoms with Gasteiger partial charge in [0.1, 0.15) is 18.3 Å². The number of aliphatic hydroxyl groups excluding tert-OH is 4. The summed E-state index contributed by atoms with van der Waals surface area (Å²) in [6, 6.07) is 5.77. The van der Waals surface area contributed by atoms with Gasteiger partial charge in [0.2, 0.25) is 0 Å². The van der Waals surface area contributed by atoms with Gasteiger partial charge in [0.25, 0.3) is 10.1 Å². The number of benzene rings is 1. The second kappa shape index (κ2) is 6.59. The fraction of sp³-hybridized carbons (Fsp3) is 0.538. The SMILES string of the molecule is Cc1ccc(S(=O)(=O)O[C@H]2C(O)OC(CO)C(O)C2O)cc1. The maximum absolute atomic E-state index is 12.1. The summed E-state index contributed by atoms with van der Waals surface area (Å²) in [7, 11) is -4.26. The Morgan fingerprint density at radius 3 is 2.27 bits per heavy atom. The summed E-state index contributed by atoms with van der Waals surface area (Å²) < 4.78 is 33.9. The van der Waals surface area contributed by atoms with E-state index in [9.17, 15) is 23.7 Å². The molecule has 0 aliphatic carbocycles. The van der Waals surface area contributed by atoms with E-state index in [1.54, 1.807) is 19.1 Å². The molecule has 1 fully saturated rings. The van der Waals surface area contributed by atoms with Gasteiger partial charge in [0, 0.05) is 0 Å². The first-order valence-electron chi connectivity index (χ1n) is 6.57. The first-order chi connectivity index (χ1) is 10.3. The molecule has 22 heavy (non-hydrogen) atoms. The highest BCUT2D eigenvalue weighted by molar-refractivity contribution is 7.86. The van der Waals surface area contributed by atoms with E-state index in [1.165, 1.54) is 12.1 Å². The van der Waals surface area contributed by atoms with E-state index in [0.29, 0.717) is 0 Å². The smallest absolute Gasteiger partial charge is 0.297 e. The molecular weight excluding hydrogens is 316 g/mol. The molecule has 0 bridgehead atoms. The van der Waals surface area contributed by atoms with E-state index in [1.807, 2.05) is 0 Å². The predicted octanol–water partition coefficient (Wildman–Crippen LogP) is -1.50. The van der Waals surface area contributed by atoms with Crippen molar-refractivity contribution in [2.75, 3.05) is 6.61 Å². The Balaban J connectivity index is 2.20. The van der Waals surface area contributed by atoms with Crippen molar-refractivity contribution in [2.45, 2.75) is 42.5 Å². The van der Waals surface area contributed by atoms with Gasteiger partial charge in [-0.3, -0.25) is 4.18 Å². The van der Waals surface area contributed by atoms with E-state index in [0.717, 1.165) is 5.56 Å². The molecule has 124 valence electrons. The normalized spacial score (nSPS) is 32.9. The summed E-state index contributed by atoms with van der Waals surface area (Å²) in [6.07, 6.45) is -8.07. The van der Waals surface area contributed by atoms with Crippen molar-refractivity contribution in [1.29, 1.82) is 0 Å². The van der Waals surface area contributed by atoms with Crippen LogP contribution in [-0.2, 0) is 19.0 Å². The standard InChI is InChI=1S/C13H18O8S/c1-7-2-4-8(5-3-7)22(18,19)21-12-11(16)10(15)9(6-14)20-13(12)17/h2-5,9-17H,6H2,1H3/t9?,10?,11?,12-,13?/m1/s1. The van der Waals surface area contributed by atoms with Crippen LogP contribution in [0.5, 0.6) is 0 Å². The van der Waals surface area contributed by atoms with Gasteiger partial charge in [0.15, 0.2) is 12.4 Å². The van der Waals surface area contributed by atoms with Gasteiger partial charge in [-0.2, -0.15) is 8.42 Å². The van der Waals surface area contributed by atoms with Crippen molar-refractivity contribution in [3.05, 3.63) is 29.8 Å². The average molecular weight is 334 g/mol. The summed E-state index contributed by atoms with van der Waals surface area (Å²) in [5.74, 6) is 0. The van der Waals surface area contributed by atoms with Gasteiger partial charge in [0.05, 0.1) is 11.5 Å². The minimum atomic E-state index is -4.26. The van der Waals surface area contributed by atoms with Crippen LogP contribution in [0.3, 0.4) is 0 Å². The van der Waals surface area contributed by atoms with E-state index in [2.05, 4.69) is 0 Å². The van der Waals surface area contributed by atoms with Crippen molar-refractivity contribution in [2.24, 2.45) is 0 Å². The van der Waals surface area contributed by atoms with Gasteiger partial charge in [-0.25, -0.2) is 0 Å². The minimum absolute atomic E-state index is 0.156. The Hall–Kier alpha value is -1.07. The highest BCUT2D eigenvalue weighted by Gasteiger charge is 2.46. The fourth-order valence-electron chi connectivity index (χ4n) is 2.08. The molecule has 1 heterocycles. The lowest BCUT2D eigenvalue weighted by Gasteiger charge is -2.39. The van der Waals surface area contributed by atoms with Crippen LogP contribution in [0.4, 0.5) is 0 Å². The number of aliphatic hydroxyl groups is 4. The molecule has 1 aliphatic rings. The molecule has 9 heteroatoms. The van der Waals surface area contributed by atoms with Crippen molar-refractivity contribution in [3.8, 4) is 0 Å². The molecule has 8 nitrogen and oxygen atoms in total. The van der Waals surface area contributed by atoms with Gasteiger partial charge < -0.3 is 25.2 Å². The van der Waals surface area contributed by atoms with Gasteiger partial charge in [-0.15, -0.1) is 0 Å². The molecule has 1 aliphatic heterocycles. The average Bonchev–Trinajstić information content (AvgIpc) is 2.48. The van der Waals surface area contributed by atoms with Crippen LogP contribution >= 0.6 is 0 Å². The number of aryl methyl sites for hydroxylation is 1. The van der Waals surface area contributed by atoms with Crippen molar-refractivity contribution in [1.82, 2.24) is 0 Å². The molecule has 4 unspecified atom stereocenters. The Bertz CT molecular complexity index is 599. The van der Waals surface area contributed by atoms with Crippen LogP contribution in [0.1, 0.15) is 5.56 Å². The molecule has 1 aromatic rings. The van der Waals surface area contributed by atoms with Gasteiger partial charge in [-0.05, 0) is 19.1 Å². The van der Waals surface area contributed by atoms with Crippen molar-refractivity contribution in [3.63, 3.8) is 0 Å². The summed E-state index contributed by atoms with van der Waals surface area (Å²) in [4.78, 5) is -0.156. The first kappa shape index (κ1) is 17.3. The van der Waals surface area contributed by atoms with Crippen LogP contribution in [0, 0.1) is 6.92 Å². The summed E-state index contributed by atoms with van der Waals surface area (Å²) in [5, 5.41) is 38.3.